The molecule has 0 bridgehead atoms. The summed E-state index contributed by atoms with van der Waals surface area (Å²) in [7, 11) is 0. The van der Waals surface area contributed by atoms with Gasteiger partial charge in [0.25, 0.3) is 0 Å². The molecular weight excluding hydrogens is 166 g/mol. The fourth-order valence-electron chi connectivity index (χ4n) is 1.20. The van der Waals surface area contributed by atoms with Crippen molar-refractivity contribution < 1.29 is 0 Å². The van der Waals surface area contributed by atoms with Gasteiger partial charge in [-0.3, -0.25) is 4.98 Å². The summed E-state index contributed by atoms with van der Waals surface area (Å²) < 4.78 is 0. The van der Waals surface area contributed by atoms with E-state index in [1.54, 1.807) is 0 Å². The van der Waals surface area contributed by atoms with Gasteiger partial charge in [-0.2, -0.15) is 0 Å². The molecule has 0 saturated carbocycles. The molecule has 0 unspecified atom stereocenters. The lowest BCUT2D eigenvalue weighted by atomic mass is 10.2. The number of rotatable bonds is 0. The Labute approximate surface area is 76.9 Å². The molecule has 1 heterocycles. The summed E-state index contributed by atoms with van der Waals surface area (Å²) in [5, 5.41) is 1.15. The minimum Gasteiger partial charge on any atom is -0.252 e. The van der Waals surface area contributed by atoms with Gasteiger partial charge in [0.05, 0.1) is 11.2 Å². The van der Waals surface area contributed by atoms with E-state index in [1.807, 2.05) is 37.3 Å². The molecule has 60 valence electrons. The molecule has 2 aromatic rings. The summed E-state index contributed by atoms with van der Waals surface area (Å²) in [4.78, 5) is 5.35. The number of benzene rings is 1. The second kappa shape index (κ2) is 2.79. The Morgan fingerprint density at radius 1 is 1.25 bits per heavy atom. The van der Waals surface area contributed by atoms with E-state index in [2.05, 4.69) is 17.6 Å². The second-order valence-electron chi connectivity index (χ2n) is 2.79. The highest BCUT2D eigenvalue weighted by atomic mass is 32.1. The van der Waals surface area contributed by atoms with Crippen LogP contribution in [0.25, 0.3) is 10.9 Å². The predicted molar refractivity (Wildman–Crippen MR) is 53.7 cm³/mol. The van der Waals surface area contributed by atoms with Crippen LogP contribution in [0.3, 0.4) is 0 Å². The van der Waals surface area contributed by atoms with Crippen LogP contribution in [0.5, 0.6) is 0 Å². The van der Waals surface area contributed by atoms with Crippen molar-refractivity contribution in [2.75, 3.05) is 0 Å². The highest BCUT2D eigenvalue weighted by Crippen LogP contribution is 2.18. The zero-order valence-electron chi connectivity index (χ0n) is 6.78. The molecule has 0 aliphatic rings. The monoisotopic (exact) mass is 175 g/mol. The van der Waals surface area contributed by atoms with Gasteiger partial charge in [0.15, 0.2) is 0 Å². The number of aryl methyl sites for hydroxylation is 1. The number of nitrogens with zero attached hydrogens (tertiary/aromatic N) is 1. The molecule has 0 aliphatic heterocycles. The Morgan fingerprint density at radius 3 is 2.83 bits per heavy atom. The number of hydrogen-bond donors (Lipinski definition) is 1. The smallest absolute Gasteiger partial charge is 0.0706 e. The first kappa shape index (κ1) is 7.62. The summed E-state index contributed by atoms with van der Waals surface area (Å²) in [5.41, 5.74) is 2.02. The highest BCUT2D eigenvalue weighted by Gasteiger charge is 1.97. The summed E-state index contributed by atoms with van der Waals surface area (Å²) in [5.74, 6) is 0. The predicted octanol–water partition coefficient (Wildman–Crippen LogP) is 2.83. The van der Waals surface area contributed by atoms with Crippen molar-refractivity contribution in [3.8, 4) is 0 Å². The molecule has 0 atom stereocenters. The Kier molecular flexibility index (Phi) is 1.77. The number of thiol groups is 1. The number of hydrogen-bond acceptors (Lipinski definition) is 2. The summed E-state index contributed by atoms with van der Waals surface area (Å²) >= 11 is 4.31. The topological polar surface area (TPSA) is 12.9 Å². The van der Waals surface area contributed by atoms with Gasteiger partial charge in [-0.1, -0.05) is 18.2 Å². The van der Waals surface area contributed by atoms with Gasteiger partial charge >= 0.3 is 0 Å². The van der Waals surface area contributed by atoms with Crippen molar-refractivity contribution in [3.63, 3.8) is 0 Å². The van der Waals surface area contributed by atoms with E-state index >= 15 is 0 Å². The van der Waals surface area contributed by atoms with Gasteiger partial charge in [0, 0.05) is 10.3 Å². The van der Waals surface area contributed by atoms with E-state index in [1.165, 1.54) is 0 Å². The van der Waals surface area contributed by atoms with Crippen molar-refractivity contribution in [2.24, 2.45) is 0 Å². The number of pyridine rings is 1. The summed E-state index contributed by atoms with van der Waals surface area (Å²) in [6.45, 7) is 1.97. The van der Waals surface area contributed by atoms with Gasteiger partial charge in [-0.25, -0.2) is 0 Å². The third-order valence-corrected chi connectivity index (χ3v) is 2.34. The molecule has 0 saturated heterocycles. The van der Waals surface area contributed by atoms with Crippen molar-refractivity contribution in [1.29, 1.82) is 0 Å². The first-order valence-electron chi connectivity index (χ1n) is 3.83. The third-order valence-electron chi connectivity index (χ3n) is 1.89. The van der Waals surface area contributed by atoms with Crippen molar-refractivity contribution in [2.45, 2.75) is 11.8 Å². The van der Waals surface area contributed by atoms with Crippen molar-refractivity contribution in [3.05, 3.63) is 36.0 Å². The maximum Gasteiger partial charge on any atom is 0.0706 e. The largest absolute Gasteiger partial charge is 0.252 e. The molecular formula is C10H9NS. The van der Waals surface area contributed by atoms with E-state index in [0.717, 1.165) is 21.5 Å². The Hall–Kier alpha value is -1.02. The standard InChI is InChI=1S/C10H9NS/c1-7-10(12)6-8-4-2-3-5-9(8)11-7/h2-6,12H,1H3. The molecule has 0 spiro atoms. The fraction of sp³-hybridized carbons (Fsp3) is 0.100. The summed E-state index contributed by atoms with van der Waals surface area (Å²) in [6.07, 6.45) is 0. The first-order chi connectivity index (χ1) is 5.77. The zero-order chi connectivity index (χ0) is 8.55. The Bertz CT molecular complexity index is 383. The average molecular weight is 175 g/mol. The van der Waals surface area contributed by atoms with Crippen LogP contribution in [0.1, 0.15) is 5.69 Å². The van der Waals surface area contributed by atoms with E-state index in [0.29, 0.717) is 0 Å². The number of para-hydroxylation sites is 1. The number of fused-ring (bicyclic) bond motifs is 1. The van der Waals surface area contributed by atoms with Crippen LogP contribution in [0.2, 0.25) is 0 Å². The van der Waals surface area contributed by atoms with Crippen LogP contribution in [-0.4, -0.2) is 4.98 Å². The minimum atomic E-state index is 0.953. The van der Waals surface area contributed by atoms with Crippen LogP contribution in [0.15, 0.2) is 35.2 Å². The molecule has 12 heavy (non-hydrogen) atoms. The zero-order valence-corrected chi connectivity index (χ0v) is 7.68. The molecule has 1 aromatic carbocycles. The molecule has 0 radical (unpaired) electrons. The molecule has 0 amide bonds. The van der Waals surface area contributed by atoms with E-state index < -0.39 is 0 Å². The van der Waals surface area contributed by atoms with Crippen LogP contribution < -0.4 is 0 Å². The van der Waals surface area contributed by atoms with E-state index in [9.17, 15) is 0 Å². The highest BCUT2D eigenvalue weighted by molar-refractivity contribution is 7.80. The van der Waals surface area contributed by atoms with Crippen LogP contribution >= 0.6 is 12.6 Å². The lowest BCUT2D eigenvalue weighted by molar-refractivity contribution is 1.16. The first-order valence-corrected chi connectivity index (χ1v) is 4.27. The number of aromatic nitrogens is 1. The molecule has 0 fully saturated rings. The van der Waals surface area contributed by atoms with Gasteiger partial charge in [0.1, 0.15) is 0 Å². The normalized spacial score (nSPS) is 10.5. The lowest BCUT2D eigenvalue weighted by Gasteiger charge is -2.00. The quantitative estimate of drug-likeness (QED) is 0.607. The van der Waals surface area contributed by atoms with E-state index in [-0.39, 0.29) is 0 Å². The van der Waals surface area contributed by atoms with Gasteiger partial charge in [-0.05, 0) is 19.1 Å². The van der Waals surface area contributed by atoms with Crippen molar-refractivity contribution in [1.82, 2.24) is 4.98 Å². The maximum atomic E-state index is 4.40. The fourth-order valence-corrected chi connectivity index (χ4v) is 1.39. The molecule has 1 nitrogen and oxygen atoms in total. The molecule has 1 aromatic heterocycles. The molecule has 2 rings (SSSR count). The van der Waals surface area contributed by atoms with Crippen LogP contribution in [-0.2, 0) is 0 Å². The van der Waals surface area contributed by atoms with Crippen LogP contribution in [0.4, 0.5) is 0 Å². The maximum absolute atomic E-state index is 4.40. The van der Waals surface area contributed by atoms with E-state index in [4.69, 9.17) is 0 Å². The molecule has 2 heteroatoms. The van der Waals surface area contributed by atoms with Gasteiger partial charge in [0.2, 0.25) is 0 Å². The van der Waals surface area contributed by atoms with Crippen LogP contribution in [0, 0.1) is 6.92 Å². The average Bonchev–Trinajstić information content (AvgIpc) is 2.07. The minimum absolute atomic E-state index is 0.953. The summed E-state index contributed by atoms with van der Waals surface area (Å²) in [6, 6.07) is 10.1. The third kappa shape index (κ3) is 1.18. The second-order valence-corrected chi connectivity index (χ2v) is 3.27. The van der Waals surface area contributed by atoms with Gasteiger partial charge < -0.3 is 0 Å². The lowest BCUT2D eigenvalue weighted by Crippen LogP contribution is -1.84. The Morgan fingerprint density at radius 2 is 2.00 bits per heavy atom. The van der Waals surface area contributed by atoms with Gasteiger partial charge in [-0.15, -0.1) is 12.6 Å². The molecule has 0 N–H and O–H groups in total. The molecule has 0 aliphatic carbocycles. The SMILES string of the molecule is Cc1nc2ccccc2cc1S. The van der Waals surface area contributed by atoms with Crippen molar-refractivity contribution >= 4 is 23.5 Å². The Balaban J connectivity index is 2.84.